The highest BCUT2D eigenvalue weighted by Crippen LogP contribution is 2.44. The van der Waals surface area contributed by atoms with Crippen molar-refractivity contribution in [1.82, 2.24) is 9.55 Å². The molecule has 7 rings (SSSR count). The van der Waals surface area contributed by atoms with E-state index in [1.807, 2.05) is 48.5 Å². The van der Waals surface area contributed by atoms with Crippen LogP contribution in [0.4, 0.5) is 5.69 Å². The second-order valence-corrected chi connectivity index (χ2v) is 12.4. The number of carbonyl (C=O) groups excluding carboxylic acids is 1. The quantitative estimate of drug-likeness (QED) is 0.192. The van der Waals surface area contributed by atoms with Gasteiger partial charge in [0.15, 0.2) is 0 Å². The highest BCUT2D eigenvalue weighted by Gasteiger charge is 2.33. The van der Waals surface area contributed by atoms with Gasteiger partial charge < -0.3 is 15.2 Å². The summed E-state index contributed by atoms with van der Waals surface area (Å²) in [5.41, 5.74) is 13.0. The Bertz CT molecular complexity index is 1690. The zero-order chi connectivity index (χ0) is 28.8. The van der Waals surface area contributed by atoms with Crippen LogP contribution in [0.5, 0.6) is 0 Å². The number of benzene rings is 4. The first-order valence-electron chi connectivity index (χ1n) is 14.6. The molecule has 1 aliphatic carbocycles. The zero-order valence-corrected chi connectivity index (χ0v) is 24.7. The summed E-state index contributed by atoms with van der Waals surface area (Å²) in [6.45, 7) is 1.89. The first kappa shape index (κ1) is 27.1. The van der Waals surface area contributed by atoms with Crippen LogP contribution in [0, 0.1) is 0 Å². The van der Waals surface area contributed by atoms with Crippen LogP contribution in [0.1, 0.15) is 76.4 Å². The fourth-order valence-corrected chi connectivity index (χ4v) is 6.68. The maximum atomic E-state index is 11.5. The number of nitrogens with zero attached hydrogens (tertiary/aromatic N) is 3. The van der Waals surface area contributed by atoms with E-state index in [1.54, 1.807) is 0 Å². The lowest BCUT2D eigenvalue weighted by molar-refractivity contribution is 0.100. The Morgan fingerprint density at radius 3 is 1.88 bits per heavy atom. The van der Waals surface area contributed by atoms with Gasteiger partial charge in [-0.2, -0.15) is 0 Å². The number of anilines is 1. The molecule has 0 unspecified atom stereocenters. The van der Waals surface area contributed by atoms with Gasteiger partial charge in [-0.25, -0.2) is 4.98 Å². The maximum absolute atomic E-state index is 11.5. The van der Waals surface area contributed by atoms with E-state index < -0.39 is 5.91 Å². The number of imidazole rings is 1. The van der Waals surface area contributed by atoms with E-state index in [0.717, 1.165) is 47.2 Å². The molecule has 0 spiro atoms. The summed E-state index contributed by atoms with van der Waals surface area (Å²) in [7, 11) is 0. The number of hydrogen-bond acceptors (Lipinski definition) is 3. The molecule has 0 atom stereocenters. The number of fused-ring (bicyclic) bond motifs is 1. The zero-order valence-electron chi connectivity index (χ0n) is 23.2. The average molecular weight is 596 g/mol. The van der Waals surface area contributed by atoms with Crippen molar-refractivity contribution in [2.45, 2.75) is 43.6 Å². The number of nitrogens with two attached hydrogens (primary N) is 1. The van der Waals surface area contributed by atoms with Gasteiger partial charge >= 0.3 is 0 Å². The molecular weight excluding hydrogens is 563 g/mol. The molecule has 0 radical (unpaired) electrons. The Balaban J connectivity index is 1.24. The molecule has 212 valence electrons. The highest BCUT2D eigenvalue weighted by molar-refractivity contribution is 6.30. The maximum Gasteiger partial charge on any atom is 0.248 e. The fourth-order valence-electron chi connectivity index (χ4n) is 6.43. The molecular formula is C35H32Cl2N4O. The van der Waals surface area contributed by atoms with Crippen LogP contribution in [0.15, 0.2) is 91.0 Å². The minimum Gasteiger partial charge on any atom is -0.371 e. The van der Waals surface area contributed by atoms with Crippen molar-refractivity contribution in [2.75, 3.05) is 18.0 Å². The Morgan fingerprint density at radius 1 is 0.762 bits per heavy atom. The Hall–Kier alpha value is -3.80. The summed E-state index contributed by atoms with van der Waals surface area (Å²) in [5, 5.41) is 1.46. The standard InChI is InChI=1S/C35H32Cl2N4O/c36-27-10-3-22(4-11-27)33(23-5-12-28(37)13-6-23)26-9-16-31-32(21-26)41(35(39-31)25-1-2-25)30-17-19-40(20-18-30)29-14-7-24(8-15-29)34(38)42/h3-16,21,25,30,33H,1-2,17-20H2,(H2,38,42). The van der Waals surface area contributed by atoms with Crippen molar-refractivity contribution in [3.63, 3.8) is 0 Å². The van der Waals surface area contributed by atoms with E-state index >= 15 is 0 Å². The third-order valence-electron chi connectivity index (χ3n) is 8.77. The SMILES string of the molecule is NC(=O)c1ccc(N2CCC(n3c(C4CC4)nc4ccc(C(c5ccc(Cl)cc5)c5ccc(Cl)cc5)cc43)CC2)cc1. The van der Waals surface area contributed by atoms with Crippen molar-refractivity contribution in [3.8, 4) is 0 Å². The summed E-state index contributed by atoms with van der Waals surface area (Å²) < 4.78 is 2.56. The van der Waals surface area contributed by atoms with E-state index in [-0.39, 0.29) is 5.92 Å². The summed E-state index contributed by atoms with van der Waals surface area (Å²) >= 11 is 12.5. The van der Waals surface area contributed by atoms with E-state index in [0.29, 0.717) is 17.5 Å². The second kappa shape index (κ2) is 11.1. The summed E-state index contributed by atoms with van der Waals surface area (Å²) in [5.74, 6) is 1.43. The van der Waals surface area contributed by atoms with Crippen LogP contribution in [0.2, 0.25) is 10.0 Å². The number of halogens is 2. The van der Waals surface area contributed by atoms with E-state index in [1.165, 1.54) is 40.9 Å². The molecule has 1 aromatic heterocycles. The predicted molar refractivity (Wildman–Crippen MR) is 171 cm³/mol. The average Bonchev–Trinajstić information content (AvgIpc) is 3.79. The van der Waals surface area contributed by atoms with Crippen LogP contribution in [-0.4, -0.2) is 28.5 Å². The van der Waals surface area contributed by atoms with Crippen LogP contribution < -0.4 is 10.6 Å². The van der Waals surface area contributed by atoms with E-state index in [9.17, 15) is 4.79 Å². The van der Waals surface area contributed by atoms with Crippen molar-refractivity contribution in [1.29, 1.82) is 0 Å². The van der Waals surface area contributed by atoms with Crippen LogP contribution >= 0.6 is 23.2 Å². The van der Waals surface area contributed by atoms with Gasteiger partial charge in [0.05, 0.1) is 11.0 Å². The number of hydrogen-bond donors (Lipinski definition) is 1. The molecule has 42 heavy (non-hydrogen) atoms. The molecule has 1 saturated carbocycles. The molecule has 5 nitrogen and oxygen atoms in total. The van der Waals surface area contributed by atoms with Gasteiger partial charge in [0, 0.05) is 52.3 Å². The van der Waals surface area contributed by atoms with E-state index in [4.69, 9.17) is 33.9 Å². The molecule has 5 aromatic rings. The first-order valence-corrected chi connectivity index (χ1v) is 15.4. The molecule has 1 saturated heterocycles. The third-order valence-corrected chi connectivity index (χ3v) is 9.27. The fraction of sp³-hybridized carbons (Fsp3) is 0.257. The first-order chi connectivity index (χ1) is 20.4. The lowest BCUT2D eigenvalue weighted by Crippen LogP contribution is -2.35. The number of primary amides is 1. The van der Waals surface area contributed by atoms with Crippen molar-refractivity contribution in [2.24, 2.45) is 5.73 Å². The summed E-state index contributed by atoms with van der Waals surface area (Å²) in [4.78, 5) is 19.1. The van der Waals surface area contributed by atoms with Crippen LogP contribution in [0.3, 0.4) is 0 Å². The molecule has 2 N–H and O–H groups in total. The van der Waals surface area contributed by atoms with Gasteiger partial charge in [0.25, 0.3) is 0 Å². The lowest BCUT2D eigenvalue weighted by atomic mass is 9.85. The predicted octanol–water partition coefficient (Wildman–Crippen LogP) is 8.34. The summed E-state index contributed by atoms with van der Waals surface area (Å²) in [6.07, 6.45) is 4.48. The smallest absolute Gasteiger partial charge is 0.248 e. The minimum atomic E-state index is -0.395. The molecule has 1 aliphatic heterocycles. The number of amides is 1. The Kier molecular flexibility index (Phi) is 7.17. The molecule has 2 aliphatic rings. The Labute approximate surface area is 255 Å². The van der Waals surface area contributed by atoms with Gasteiger partial charge in [-0.1, -0.05) is 53.5 Å². The van der Waals surface area contributed by atoms with Crippen molar-refractivity contribution in [3.05, 3.63) is 129 Å². The third kappa shape index (κ3) is 5.28. The van der Waals surface area contributed by atoms with Gasteiger partial charge in [0.2, 0.25) is 5.91 Å². The number of aromatic nitrogens is 2. The number of piperidine rings is 1. The van der Waals surface area contributed by atoms with Crippen molar-refractivity contribution >= 4 is 45.8 Å². The van der Waals surface area contributed by atoms with Gasteiger partial charge in [-0.3, -0.25) is 4.79 Å². The summed E-state index contributed by atoms with van der Waals surface area (Å²) in [6, 6.07) is 31.1. The number of carbonyl (C=O) groups is 1. The van der Waals surface area contributed by atoms with Crippen molar-refractivity contribution < 1.29 is 4.79 Å². The highest BCUT2D eigenvalue weighted by atomic mass is 35.5. The molecule has 2 heterocycles. The topological polar surface area (TPSA) is 64.2 Å². The van der Waals surface area contributed by atoms with Crippen LogP contribution in [-0.2, 0) is 0 Å². The largest absolute Gasteiger partial charge is 0.371 e. The van der Waals surface area contributed by atoms with Gasteiger partial charge in [-0.15, -0.1) is 0 Å². The molecule has 1 amide bonds. The van der Waals surface area contributed by atoms with E-state index in [2.05, 4.69) is 51.9 Å². The lowest BCUT2D eigenvalue weighted by Gasteiger charge is -2.35. The van der Waals surface area contributed by atoms with Crippen LogP contribution in [0.25, 0.3) is 11.0 Å². The Morgan fingerprint density at radius 2 is 1.33 bits per heavy atom. The van der Waals surface area contributed by atoms with Gasteiger partial charge in [-0.05, 0) is 103 Å². The number of rotatable bonds is 7. The monoisotopic (exact) mass is 594 g/mol. The molecule has 4 aromatic carbocycles. The molecule has 0 bridgehead atoms. The minimum absolute atomic E-state index is 0.0434. The van der Waals surface area contributed by atoms with Gasteiger partial charge in [0.1, 0.15) is 5.82 Å². The normalized spacial score (nSPS) is 15.9. The second-order valence-electron chi connectivity index (χ2n) is 11.5. The molecule has 2 fully saturated rings. The molecule has 7 heteroatoms.